The van der Waals surface area contributed by atoms with Crippen molar-refractivity contribution in [3.05, 3.63) is 119 Å². The van der Waals surface area contributed by atoms with Gasteiger partial charge in [-0.05, 0) is 134 Å². The van der Waals surface area contributed by atoms with Crippen molar-refractivity contribution in [2.75, 3.05) is 13.2 Å². The van der Waals surface area contributed by atoms with Gasteiger partial charge in [0.25, 0.3) is 0 Å². The smallest absolute Gasteiger partial charge is 0.119 e. The maximum atomic E-state index is 5.73. The molecule has 0 aliphatic rings. The van der Waals surface area contributed by atoms with Gasteiger partial charge in [0.15, 0.2) is 0 Å². The Bertz CT molecular complexity index is 1260. The van der Waals surface area contributed by atoms with Gasteiger partial charge in [0, 0.05) is 12.4 Å². The van der Waals surface area contributed by atoms with Gasteiger partial charge in [-0.1, -0.05) is 57.4 Å². The van der Waals surface area contributed by atoms with Gasteiger partial charge in [0.2, 0.25) is 0 Å². The van der Waals surface area contributed by atoms with Crippen molar-refractivity contribution < 1.29 is 9.47 Å². The van der Waals surface area contributed by atoms with E-state index in [4.69, 9.17) is 9.47 Å². The average Bonchev–Trinajstić information content (AvgIpc) is 3.05. The lowest BCUT2D eigenvalue weighted by Gasteiger charge is -2.05. The lowest BCUT2D eigenvalue weighted by molar-refractivity contribution is 0.309. The van der Waals surface area contributed by atoms with E-state index >= 15 is 0 Å². The zero-order valence-corrected chi connectivity index (χ0v) is 25.9. The summed E-state index contributed by atoms with van der Waals surface area (Å²) < 4.78 is 11.5. The van der Waals surface area contributed by atoms with Crippen LogP contribution in [-0.4, -0.2) is 25.6 Å². The van der Waals surface area contributed by atoms with Crippen LogP contribution in [-0.2, 0) is 12.8 Å². The topological polar surface area (TPSA) is 43.2 Å². The molecule has 0 spiro atoms. The van der Waals surface area contributed by atoms with Gasteiger partial charge in [-0.15, -0.1) is 0 Å². The Morgan fingerprint density at radius 3 is 1.23 bits per heavy atom. The quantitative estimate of drug-likeness (QED) is 0.0876. The van der Waals surface area contributed by atoms with Crippen LogP contribution >= 0.6 is 0 Å². The molecule has 0 saturated heterocycles. The maximum Gasteiger partial charge on any atom is 0.119 e. The van der Waals surface area contributed by atoms with Gasteiger partial charge in [-0.25, -0.2) is 0 Å². The molecule has 0 amide bonds. The van der Waals surface area contributed by atoms with E-state index in [9.17, 15) is 0 Å². The number of unbranched alkanes of at least 4 members (excludes halogenated alkanes) is 4. The minimum atomic E-state index is 0.771. The summed E-state index contributed by atoms with van der Waals surface area (Å²) in [5.74, 6) is 1.83. The average molecular weight is 575 g/mol. The second kappa shape index (κ2) is 18.4. The molecule has 0 heterocycles. The van der Waals surface area contributed by atoms with Crippen LogP contribution in [0.25, 0.3) is 0 Å². The summed E-state index contributed by atoms with van der Waals surface area (Å²) >= 11 is 0. The monoisotopic (exact) mass is 574 g/mol. The van der Waals surface area contributed by atoms with Crippen molar-refractivity contribution in [2.24, 2.45) is 9.98 Å². The minimum Gasteiger partial charge on any atom is -0.494 e. The number of hydrogen-bond donors (Lipinski definition) is 0. The first-order valence-corrected chi connectivity index (χ1v) is 15.9. The van der Waals surface area contributed by atoms with E-state index in [1.54, 1.807) is 0 Å². The van der Waals surface area contributed by atoms with Crippen LogP contribution in [0.3, 0.4) is 0 Å². The Morgan fingerprint density at radius 1 is 0.465 bits per heavy atom. The van der Waals surface area contributed by atoms with Gasteiger partial charge < -0.3 is 9.47 Å². The second-order valence-corrected chi connectivity index (χ2v) is 11.0. The molecule has 43 heavy (non-hydrogen) atoms. The Hall–Kier alpha value is -4.18. The molecule has 4 aromatic carbocycles. The summed E-state index contributed by atoms with van der Waals surface area (Å²) in [6.45, 7) is 5.88. The normalized spacial score (nSPS) is 11.4. The fraction of sp³-hybridized carbons (Fsp3) is 0.333. The maximum absolute atomic E-state index is 5.73. The summed E-state index contributed by atoms with van der Waals surface area (Å²) in [5, 5.41) is 0. The first kappa shape index (κ1) is 31.7. The molecule has 0 aliphatic heterocycles. The number of rotatable bonds is 18. The van der Waals surface area contributed by atoms with Crippen molar-refractivity contribution in [2.45, 2.75) is 71.6 Å². The molecular weight excluding hydrogens is 528 g/mol. The molecule has 4 nitrogen and oxygen atoms in total. The third-order valence-electron chi connectivity index (χ3n) is 7.32. The molecule has 0 radical (unpaired) electrons. The van der Waals surface area contributed by atoms with Gasteiger partial charge >= 0.3 is 0 Å². The van der Waals surface area contributed by atoms with Crippen molar-refractivity contribution in [1.29, 1.82) is 0 Å². The van der Waals surface area contributed by atoms with Gasteiger partial charge in [0.1, 0.15) is 11.5 Å². The van der Waals surface area contributed by atoms with Crippen LogP contribution in [0.15, 0.2) is 107 Å². The predicted octanol–water partition coefficient (Wildman–Crippen LogP) is 10.5. The van der Waals surface area contributed by atoms with Gasteiger partial charge in [0.05, 0.1) is 24.6 Å². The zero-order chi connectivity index (χ0) is 30.0. The van der Waals surface area contributed by atoms with Crippen molar-refractivity contribution in [1.82, 2.24) is 0 Å². The van der Waals surface area contributed by atoms with Crippen LogP contribution in [0.1, 0.15) is 81.0 Å². The van der Waals surface area contributed by atoms with E-state index in [1.165, 1.54) is 30.4 Å². The molecular formula is C39H46N2O2. The molecule has 0 saturated carbocycles. The van der Waals surface area contributed by atoms with Gasteiger partial charge in [-0.3, -0.25) is 9.98 Å². The Morgan fingerprint density at radius 2 is 0.860 bits per heavy atom. The van der Waals surface area contributed by atoms with E-state index < -0.39 is 0 Å². The molecule has 0 aliphatic carbocycles. The molecule has 0 aromatic heterocycles. The highest BCUT2D eigenvalue weighted by atomic mass is 16.5. The predicted molar refractivity (Wildman–Crippen MR) is 182 cm³/mol. The molecule has 0 atom stereocenters. The summed E-state index contributed by atoms with van der Waals surface area (Å²) in [6.07, 6.45) is 14.1. The molecule has 0 N–H and O–H groups in total. The summed E-state index contributed by atoms with van der Waals surface area (Å²) in [7, 11) is 0. The highest BCUT2D eigenvalue weighted by molar-refractivity contribution is 5.82. The third kappa shape index (κ3) is 11.9. The number of nitrogens with zero attached hydrogens (tertiary/aromatic N) is 2. The van der Waals surface area contributed by atoms with Crippen LogP contribution in [0, 0.1) is 0 Å². The summed E-state index contributed by atoms with van der Waals surface area (Å²) in [5.41, 5.74) is 6.84. The largest absolute Gasteiger partial charge is 0.494 e. The first-order chi connectivity index (χ1) is 21.2. The van der Waals surface area contributed by atoms with Crippen molar-refractivity contribution in [3.8, 4) is 11.5 Å². The SMILES string of the molecule is CCCCOc1ccc(C=Nc2ccc(CCCCCc3ccc(N=Cc4ccc(OCCCC)cc4)cc3)cc2)cc1. The van der Waals surface area contributed by atoms with Gasteiger partial charge in [-0.2, -0.15) is 0 Å². The minimum absolute atomic E-state index is 0.771. The number of hydrogen-bond acceptors (Lipinski definition) is 4. The molecule has 4 rings (SSSR count). The number of ether oxygens (including phenoxy) is 2. The standard InChI is InChI=1S/C39H46N2O2/c1-3-5-28-42-38-24-16-34(17-25-38)30-40-36-20-12-32(13-21-36)10-8-7-9-11-33-14-22-37(23-15-33)41-31-35-18-26-39(27-19-35)43-29-6-4-2/h12-27,30-31H,3-11,28-29H2,1-2H3. The van der Waals surface area contributed by atoms with E-state index in [0.717, 1.165) is 85.7 Å². The Balaban J connectivity index is 1.12. The third-order valence-corrected chi connectivity index (χ3v) is 7.32. The summed E-state index contributed by atoms with van der Waals surface area (Å²) in [4.78, 5) is 9.27. The Kier molecular flexibility index (Phi) is 13.6. The first-order valence-electron chi connectivity index (χ1n) is 15.9. The van der Waals surface area contributed by atoms with E-state index in [1.807, 2.05) is 61.0 Å². The fourth-order valence-corrected chi connectivity index (χ4v) is 4.60. The second-order valence-electron chi connectivity index (χ2n) is 11.0. The van der Waals surface area contributed by atoms with E-state index in [0.29, 0.717) is 0 Å². The van der Waals surface area contributed by atoms with Crippen LogP contribution < -0.4 is 9.47 Å². The number of aliphatic imine (C=N–C) groups is 2. The van der Waals surface area contributed by atoms with Crippen LogP contribution in [0.4, 0.5) is 11.4 Å². The van der Waals surface area contributed by atoms with Crippen LogP contribution in [0.2, 0.25) is 0 Å². The van der Waals surface area contributed by atoms with Crippen molar-refractivity contribution >= 4 is 23.8 Å². The summed E-state index contributed by atoms with van der Waals surface area (Å²) in [6, 6.07) is 33.5. The van der Waals surface area contributed by atoms with Crippen LogP contribution in [0.5, 0.6) is 11.5 Å². The highest BCUT2D eigenvalue weighted by Gasteiger charge is 1.99. The van der Waals surface area contributed by atoms with E-state index in [-0.39, 0.29) is 0 Å². The molecule has 224 valence electrons. The highest BCUT2D eigenvalue weighted by Crippen LogP contribution is 2.19. The molecule has 4 heteroatoms. The molecule has 4 aromatic rings. The molecule has 0 unspecified atom stereocenters. The number of benzene rings is 4. The Labute approximate surface area is 258 Å². The molecule has 0 bridgehead atoms. The van der Waals surface area contributed by atoms with Crippen molar-refractivity contribution in [3.63, 3.8) is 0 Å². The van der Waals surface area contributed by atoms with E-state index in [2.05, 4.69) is 72.4 Å². The fourth-order valence-electron chi connectivity index (χ4n) is 4.60. The number of aryl methyl sites for hydroxylation is 2. The lowest BCUT2D eigenvalue weighted by atomic mass is 10.0. The lowest BCUT2D eigenvalue weighted by Crippen LogP contribution is -1.96. The molecule has 0 fully saturated rings. The zero-order valence-electron chi connectivity index (χ0n) is 25.9.